The van der Waals surface area contributed by atoms with Gasteiger partial charge in [0.05, 0.1) is 17.6 Å². The van der Waals surface area contributed by atoms with E-state index in [1.54, 1.807) is 20.9 Å². The average molecular weight is 233 g/mol. The van der Waals surface area contributed by atoms with Gasteiger partial charge in [0, 0.05) is 0 Å². The molecule has 0 unspecified atom stereocenters. The molecular formula is C13H19N3O. The number of benzene rings is 1. The van der Waals surface area contributed by atoms with E-state index >= 15 is 0 Å². The maximum absolute atomic E-state index is 11.3. The molecule has 1 atom stereocenters. The maximum atomic E-state index is 11.3. The molecule has 4 nitrogen and oxygen atoms in total. The number of carbonyl (C=O) groups excluding carboxylic acids is 1. The second-order valence-electron chi connectivity index (χ2n) is 4.08. The van der Waals surface area contributed by atoms with Gasteiger partial charge in [-0.1, -0.05) is 12.1 Å². The third kappa shape index (κ3) is 4.36. The van der Waals surface area contributed by atoms with Gasteiger partial charge >= 0.3 is 0 Å². The van der Waals surface area contributed by atoms with Crippen molar-refractivity contribution in [3.05, 3.63) is 29.8 Å². The monoisotopic (exact) mass is 233 g/mol. The first-order valence-corrected chi connectivity index (χ1v) is 5.60. The summed E-state index contributed by atoms with van der Waals surface area (Å²) in [4.78, 5) is 15.4. The molecule has 3 N–H and O–H groups in total. The highest BCUT2D eigenvalue weighted by Crippen LogP contribution is 2.14. The van der Waals surface area contributed by atoms with Crippen molar-refractivity contribution in [3.8, 4) is 0 Å². The molecule has 0 heterocycles. The summed E-state index contributed by atoms with van der Waals surface area (Å²) in [7, 11) is 1.79. The molecule has 1 rings (SSSR count). The van der Waals surface area contributed by atoms with Crippen LogP contribution < -0.4 is 11.1 Å². The maximum Gasteiger partial charge on any atom is 0.147 e. The van der Waals surface area contributed by atoms with Crippen molar-refractivity contribution in [3.63, 3.8) is 0 Å². The molecule has 17 heavy (non-hydrogen) atoms. The summed E-state index contributed by atoms with van der Waals surface area (Å²) < 4.78 is 0. The number of rotatable bonds is 5. The summed E-state index contributed by atoms with van der Waals surface area (Å²) in [6, 6.07) is 7.61. The van der Waals surface area contributed by atoms with E-state index in [1.165, 1.54) is 0 Å². The van der Waals surface area contributed by atoms with Gasteiger partial charge in [-0.25, -0.2) is 4.99 Å². The SMILES string of the molecule is CN[C@@H](Cc1ccc(N=C(C)N)cc1)C(C)=O. The minimum absolute atomic E-state index is 0.124. The normalized spacial score (nSPS) is 13.5. The van der Waals surface area contributed by atoms with Crippen LogP contribution in [0.4, 0.5) is 5.69 Å². The Hall–Kier alpha value is -1.68. The van der Waals surface area contributed by atoms with Gasteiger partial charge in [0.2, 0.25) is 0 Å². The van der Waals surface area contributed by atoms with E-state index in [4.69, 9.17) is 5.73 Å². The van der Waals surface area contributed by atoms with E-state index in [9.17, 15) is 4.79 Å². The lowest BCUT2D eigenvalue weighted by molar-refractivity contribution is -0.118. The van der Waals surface area contributed by atoms with Gasteiger partial charge in [-0.05, 0) is 45.0 Å². The second kappa shape index (κ2) is 6.15. The quantitative estimate of drug-likeness (QED) is 0.597. The first kappa shape index (κ1) is 13.4. The molecule has 0 aliphatic rings. The van der Waals surface area contributed by atoms with E-state index < -0.39 is 0 Å². The minimum Gasteiger partial charge on any atom is -0.387 e. The lowest BCUT2D eigenvalue weighted by Gasteiger charge is -2.12. The summed E-state index contributed by atoms with van der Waals surface area (Å²) in [5.74, 6) is 0.682. The highest BCUT2D eigenvalue weighted by molar-refractivity contribution is 5.82. The Morgan fingerprint density at radius 2 is 1.94 bits per heavy atom. The molecule has 1 aromatic rings. The molecule has 4 heteroatoms. The molecule has 0 aliphatic carbocycles. The van der Waals surface area contributed by atoms with Crippen LogP contribution in [0, 0.1) is 0 Å². The van der Waals surface area contributed by atoms with E-state index in [0.717, 1.165) is 11.3 Å². The molecule has 0 amide bonds. The first-order chi connectivity index (χ1) is 8.02. The predicted octanol–water partition coefficient (Wildman–Crippen LogP) is 1.41. The van der Waals surface area contributed by atoms with Gasteiger partial charge in [-0.3, -0.25) is 4.79 Å². The summed E-state index contributed by atoms with van der Waals surface area (Å²) in [5, 5.41) is 3.00. The van der Waals surface area contributed by atoms with Crippen LogP contribution in [0.15, 0.2) is 29.3 Å². The first-order valence-electron chi connectivity index (χ1n) is 5.60. The molecule has 0 bridgehead atoms. The van der Waals surface area contributed by atoms with Gasteiger partial charge in [-0.15, -0.1) is 0 Å². The van der Waals surface area contributed by atoms with Crippen LogP contribution in [0.3, 0.4) is 0 Å². The number of nitrogens with two attached hydrogens (primary N) is 1. The number of nitrogens with zero attached hydrogens (tertiary/aromatic N) is 1. The average Bonchev–Trinajstić information content (AvgIpc) is 2.26. The Morgan fingerprint density at radius 1 is 1.35 bits per heavy atom. The third-order valence-electron chi connectivity index (χ3n) is 2.52. The summed E-state index contributed by atoms with van der Waals surface area (Å²) in [6.45, 7) is 3.35. The van der Waals surface area contributed by atoms with Gasteiger partial charge in [0.25, 0.3) is 0 Å². The van der Waals surface area contributed by atoms with E-state index in [1.807, 2.05) is 24.3 Å². The van der Waals surface area contributed by atoms with E-state index in [0.29, 0.717) is 12.3 Å². The number of hydrogen-bond acceptors (Lipinski definition) is 3. The van der Waals surface area contributed by atoms with Gasteiger partial charge in [-0.2, -0.15) is 0 Å². The number of ketones is 1. The zero-order valence-electron chi connectivity index (χ0n) is 10.5. The van der Waals surface area contributed by atoms with Crippen molar-refractivity contribution in [1.82, 2.24) is 5.32 Å². The minimum atomic E-state index is -0.124. The van der Waals surface area contributed by atoms with Gasteiger partial charge in [0.1, 0.15) is 5.78 Å². The fourth-order valence-electron chi connectivity index (χ4n) is 1.59. The molecule has 0 radical (unpaired) electrons. The predicted molar refractivity (Wildman–Crippen MR) is 70.6 cm³/mol. The van der Waals surface area contributed by atoms with Gasteiger partial charge in [0.15, 0.2) is 0 Å². The van der Waals surface area contributed by atoms with Crippen LogP contribution in [0.25, 0.3) is 0 Å². The third-order valence-corrected chi connectivity index (χ3v) is 2.52. The van der Waals surface area contributed by atoms with Crippen LogP contribution >= 0.6 is 0 Å². The highest BCUT2D eigenvalue weighted by Gasteiger charge is 2.11. The molecule has 0 spiro atoms. The lowest BCUT2D eigenvalue weighted by atomic mass is 10.0. The smallest absolute Gasteiger partial charge is 0.147 e. The van der Waals surface area contributed by atoms with E-state index in [-0.39, 0.29) is 11.8 Å². The fraction of sp³-hybridized carbons (Fsp3) is 0.385. The number of amidine groups is 1. The van der Waals surface area contributed by atoms with Crippen LogP contribution in [0.2, 0.25) is 0 Å². The van der Waals surface area contributed by atoms with Crippen molar-refractivity contribution in [2.24, 2.45) is 10.7 Å². The summed E-state index contributed by atoms with van der Waals surface area (Å²) in [6.07, 6.45) is 0.692. The van der Waals surface area contributed by atoms with Crippen LogP contribution in [-0.4, -0.2) is 24.7 Å². The topological polar surface area (TPSA) is 67.5 Å². The zero-order valence-corrected chi connectivity index (χ0v) is 10.5. The van der Waals surface area contributed by atoms with Crippen molar-refractivity contribution in [2.45, 2.75) is 26.3 Å². The number of hydrogen-bond donors (Lipinski definition) is 2. The van der Waals surface area contributed by atoms with Crippen LogP contribution in [-0.2, 0) is 11.2 Å². The highest BCUT2D eigenvalue weighted by atomic mass is 16.1. The van der Waals surface area contributed by atoms with Crippen molar-refractivity contribution < 1.29 is 4.79 Å². The number of carbonyl (C=O) groups is 1. The Balaban J connectivity index is 2.74. The van der Waals surface area contributed by atoms with Crippen molar-refractivity contribution in [2.75, 3.05) is 7.05 Å². The largest absolute Gasteiger partial charge is 0.387 e. The van der Waals surface area contributed by atoms with Crippen LogP contribution in [0.1, 0.15) is 19.4 Å². The van der Waals surface area contributed by atoms with Crippen molar-refractivity contribution in [1.29, 1.82) is 0 Å². The molecular weight excluding hydrogens is 214 g/mol. The Bertz CT molecular complexity index is 405. The molecule has 0 aromatic heterocycles. The Kier molecular flexibility index (Phi) is 4.84. The number of Topliss-reactive ketones (excluding diaryl/α,β-unsaturated/α-hetero) is 1. The fourth-order valence-corrected chi connectivity index (χ4v) is 1.59. The standard InChI is InChI=1S/C13H19N3O/c1-9(17)13(15-3)8-11-4-6-12(7-5-11)16-10(2)14/h4-7,13,15H,8H2,1-3H3,(H2,14,16)/t13-/m0/s1. The lowest BCUT2D eigenvalue weighted by Crippen LogP contribution is -2.34. The summed E-state index contributed by atoms with van der Waals surface area (Å²) >= 11 is 0. The molecule has 0 saturated heterocycles. The Morgan fingerprint density at radius 3 is 2.35 bits per heavy atom. The molecule has 92 valence electrons. The Labute approximate surface area is 102 Å². The van der Waals surface area contributed by atoms with Crippen LogP contribution in [0.5, 0.6) is 0 Å². The van der Waals surface area contributed by atoms with Gasteiger partial charge < -0.3 is 11.1 Å². The molecule has 1 aromatic carbocycles. The van der Waals surface area contributed by atoms with Crippen molar-refractivity contribution >= 4 is 17.3 Å². The number of likely N-dealkylation sites (N-methyl/N-ethyl adjacent to an activating group) is 1. The molecule has 0 aliphatic heterocycles. The number of aliphatic imine (C=N–C) groups is 1. The second-order valence-corrected chi connectivity index (χ2v) is 4.08. The summed E-state index contributed by atoms with van der Waals surface area (Å²) in [5.41, 5.74) is 7.44. The molecule has 0 fully saturated rings. The zero-order chi connectivity index (χ0) is 12.8. The van der Waals surface area contributed by atoms with E-state index in [2.05, 4.69) is 10.3 Å². The number of nitrogens with one attached hydrogen (secondary N) is 1. The molecule has 0 saturated carbocycles.